The molecule has 2 aromatic heterocycles. The van der Waals surface area contributed by atoms with Crippen molar-refractivity contribution in [1.29, 1.82) is 0 Å². The van der Waals surface area contributed by atoms with Crippen LogP contribution in [0.1, 0.15) is 5.69 Å². The third-order valence-corrected chi connectivity index (χ3v) is 3.05. The molecule has 0 aliphatic heterocycles. The molecule has 19 heavy (non-hydrogen) atoms. The Kier molecular flexibility index (Phi) is 2.89. The number of aromatic nitrogens is 3. The fraction of sp³-hybridized carbons (Fsp3) is 0.143. The molecule has 0 saturated carbocycles. The van der Waals surface area contributed by atoms with Crippen molar-refractivity contribution in [1.82, 2.24) is 14.6 Å². The van der Waals surface area contributed by atoms with Crippen molar-refractivity contribution in [3.05, 3.63) is 54.4 Å². The van der Waals surface area contributed by atoms with E-state index in [1.807, 2.05) is 60.6 Å². The molecule has 0 aliphatic rings. The van der Waals surface area contributed by atoms with Crippen LogP contribution in [-0.2, 0) is 6.54 Å². The summed E-state index contributed by atoms with van der Waals surface area (Å²) >= 11 is 0. The number of benzene rings is 1. The van der Waals surface area contributed by atoms with Crippen LogP contribution in [-0.4, -0.2) is 21.6 Å². The minimum atomic E-state index is 0.424. The van der Waals surface area contributed by atoms with Crippen molar-refractivity contribution >= 4 is 17.2 Å². The quantitative estimate of drug-likeness (QED) is 0.775. The van der Waals surface area contributed by atoms with Gasteiger partial charge in [0.2, 0.25) is 0 Å². The first-order chi connectivity index (χ1) is 9.28. The van der Waals surface area contributed by atoms with Gasteiger partial charge in [-0.1, -0.05) is 18.2 Å². The van der Waals surface area contributed by atoms with Crippen LogP contribution >= 0.6 is 0 Å². The van der Waals surface area contributed by atoms with Gasteiger partial charge in [0.15, 0.2) is 11.5 Å². The maximum absolute atomic E-state index is 5.59. The second-order valence-corrected chi connectivity index (χ2v) is 4.33. The molecule has 0 fully saturated rings. The zero-order valence-electron chi connectivity index (χ0n) is 10.7. The van der Waals surface area contributed by atoms with E-state index in [1.54, 1.807) is 4.52 Å². The van der Waals surface area contributed by atoms with Gasteiger partial charge in [-0.05, 0) is 24.3 Å². The van der Waals surface area contributed by atoms with Crippen LogP contribution in [0.2, 0.25) is 0 Å². The van der Waals surface area contributed by atoms with E-state index in [9.17, 15) is 0 Å². The Morgan fingerprint density at radius 2 is 1.95 bits per heavy atom. The Bertz CT molecular complexity index is 689. The first-order valence-electron chi connectivity index (χ1n) is 6.12. The van der Waals surface area contributed by atoms with Crippen LogP contribution in [0.4, 0.5) is 11.5 Å². The average molecular weight is 253 g/mol. The standard InChI is InChI=1S/C14H15N5/c1-18(12-5-3-2-4-6-12)14-8-7-13-16-11(9-15)10-19(13)17-14/h2-8,10H,9,15H2,1H3. The topological polar surface area (TPSA) is 59.5 Å². The molecule has 0 radical (unpaired) electrons. The Hall–Kier alpha value is -2.40. The Morgan fingerprint density at radius 1 is 1.16 bits per heavy atom. The van der Waals surface area contributed by atoms with Crippen molar-refractivity contribution < 1.29 is 0 Å². The molecule has 0 bridgehead atoms. The van der Waals surface area contributed by atoms with Crippen molar-refractivity contribution in [2.24, 2.45) is 5.73 Å². The minimum Gasteiger partial charge on any atom is -0.328 e. The summed E-state index contributed by atoms with van der Waals surface area (Å²) in [5.41, 5.74) is 8.33. The largest absolute Gasteiger partial charge is 0.328 e. The fourth-order valence-electron chi connectivity index (χ4n) is 1.98. The predicted octanol–water partition coefficient (Wildman–Crippen LogP) is 1.96. The van der Waals surface area contributed by atoms with Crippen LogP contribution in [0.15, 0.2) is 48.7 Å². The molecular formula is C14H15N5. The van der Waals surface area contributed by atoms with E-state index in [0.717, 1.165) is 22.8 Å². The Labute approximate surface area is 111 Å². The maximum Gasteiger partial charge on any atom is 0.153 e. The SMILES string of the molecule is CN(c1ccccc1)c1ccc2nc(CN)cn2n1. The summed E-state index contributed by atoms with van der Waals surface area (Å²) in [4.78, 5) is 6.39. The third-order valence-electron chi connectivity index (χ3n) is 3.05. The van der Waals surface area contributed by atoms with Gasteiger partial charge in [0.1, 0.15) is 0 Å². The molecule has 96 valence electrons. The van der Waals surface area contributed by atoms with E-state index >= 15 is 0 Å². The van der Waals surface area contributed by atoms with Gasteiger partial charge in [0.25, 0.3) is 0 Å². The highest BCUT2D eigenvalue weighted by molar-refractivity contribution is 5.59. The number of anilines is 2. The van der Waals surface area contributed by atoms with Gasteiger partial charge < -0.3 is 10.6 Å². The Morgan fingerprint density at radius 3 is 2.68 bits per heavy atom. The number of fused-ring (bicyclic) bond motifs is 1. The van der Waals surface area contributed by atoms with Crippen LogP contribution in [0.25, 0.3) is 5.65 Å². The van der Waals surface area contributed by atoms with Crippen LogP contribution in [0, 0.1) is 0 Å². The molecule has 0 spiro atoms. The summed E-state index contributed by atoms with van der Waals surface area (Å²) in [5.74, 6) is 0.861. The lowest BCUT2D eigenvalue weighted by Crippen LogP contribution is -2.12. The fourth-order valence-corrected chi connectivity index (χ4v) is 1.98. The van der Waals surface area contributed by atoms with E-state index < -0.39 is 0 Å². The average Bonchev–Trinajstić information content (AvgIpc) is 2.89. The molecule has 5 nitrogen and oxygen atoms in total. The molecule has 0 saturated heterocycles. The molecule has 0 atom stereocenters. The van der Waals surface area contributed by atoms with Crippen molar-refractivity contribution in [3.63, 3.8) is 0 Å². The smallest absolute Gasteiger partial charge is 0.153 e. The van der Waals surface area contributed by atoms with Gasteiger partial charge >= 0.3 is 0 Å². The molecule has 5 heteroatoms. The highest BCUT2D eigenvalue weighted by atomic mass is 15.3. The summed E-state index contributed by atoms with van der Waals surface area (Å²) in [7, 11) is 1.99. The number of hydrogen-bond acceptors (Lipinski definition) is 4. The second kappa shape index (κ2) is 4.70. The van der Waals surface area contributed by atoms with Crippen molar-refractivity contribution in [3.8, 4) is 0 Å². The first kappa shape index (κ1) is 11.7. The van der Waals surface area contributed by atoms with Crippen LogP contribution in [0.3, 0.4) is 0 Å². The van der Waals surface area contributed by atoms with E-state index in [0.29, 0.717) is 6.54 Å². The maximum atomic E-state index is 5.59. The molecular weight excluding hydrogens is 238 g/mol. The summed E-state index contributed by atoms with van der Waals surface area (Å²) in [6, 6.07) is 14.0. The lowest BCUT2D eigenvalue weighted by molar-refractivity contribution is 0.909. The number of para-hydroxylation sites is 1. The van der Waals surface area contributed by atoms with E-state index in [1.165, 1.54) is 0 Å². The number of hydrogen-bond donors (Lipinski definition) is 1. The van der Waals surface area contributed by atoms with Gasteiger partial charge in [-0.3, -0.25) is 0 Å². The molecule has 1 aromatic carbocycles. The molecule has 2 N–H and O–H groups in total. The normalized spacial score (nSPS) is 10.8. The molecule has 2 heterocycles. The number of nitrogens with two attached hydrogens (primary N) is 1. The van der Waals surface area contributed by atoms with Gasteiger partial charge in [0.05, 0.1) is 11.9 Å². The van der Waals surface area contributed by atoms with E-state index in [4.69, 9.17) is 5.73 Å². The highest BCUT2D eigenvalue weighted by Crippen LogP contribution is 2.21. The van der Waals surface area contributed by atoms with Gasteiger partial charge in [0, 0.05) is 19.3 Å². The zero-order chi connectivity index (χ0) is 13.2. The van der Waals surface area contributed by atoms with Gasteiger partial charge in [-0.2, -0.15) is 0 Å². The van der Waals surface area contributed by atoms with Gasteiger partial charge in [-0.15, -0.1) is 5.10 Å². The summed E-state index contributed by atoms with van der Waals surface area (Å²) in [6.45, 7) is 0.424. The molecule has 3 rings (SSSR count). The van der Waals surface area contributed by atoms with Crippen molar-refractivity contribution in [2.75, 3.05) is 11.9 Å². The summed E-state index contributed by atoms with van der Waals surface area (Å²) in [6.07, 6.45) is 1.86. The molecule has 0 amide bonds. The van der Waals surface area contributed by atoms with E-state index in [-0.39, 0.29) is 0 Å². The molecule has 3 aromatic rings. The third kappa shape index (κ3) is 2.15. The second-order valence-electron chi connectivity index (χ2n) is 4.33. The molecule has 0 unspecified atom stereocenters. The number of rotatable bonds is 3. The summed E-state index contributed by atoms with van der Waals surface area (Å²) < 4.78 is 1.76. The van der Waals surface area contributed by atoms with Crippen LogP contribution < -0.4 is 10.6 Å². The van der Waals surface area contributed by atoms with Crippen LogP contribution in [0.5, 0.6) is 0 Å². The Balaban J connectivity index is 2.01. The van der Waals surface area contributed by atoms with E-state index in [2.05, 4.69) is 10.1 Å². The number of nitrogens with zero attached hydrogens (tertiary/aromatic N) is 4. The number of imidazole rings is 1. The lowest BCUT2D eigenvalue weighted by Gasteiger charge is -2.17. The monoisotopic (exact) mass is 253 g/mol. The predicted molar refractivity (Wildman–Crippen MR) is 75.4 cm³/mol. The summed E-state index contributed by atoms with van der Waals surface area (Å²) in [5, 5.41) is 4.54. The minimum absolute atomic E-state index is 0.424. The lowest BCUT2D eigenvalue weighted by atomic mass is 10.3. The van der Waals surface area contributed by atoms with Crippen molar-refractivity contribution in [2.45, 2.75) is 6.54 Å². The first-order valence-corrected chi connectivity index (χ1v) is 6.12. The highest BCUT2D eigenvalue weighted by Gasteiger charge is 2.07. The zero-order valence-corrected chi connectivity index (χ0v) is 10.7. The molecule has 0 aliphatic carbocycles. The van der Waals surface area contributed by atoms with Gasteiger partial charge in [-0.25, -0.2) is 9.50 Å².